The quantitative estimate of drug-likeness (QED) is 0.452. The first kappa shape index (κ1) is 17.2. The Labute approximate surface area is 136 Å². The van der Waals surface area contributed by atoms with Crippen LogP contribution in [-0.4, -0.2) is 37.4 Å². The van der Waals surface area contributed by atoms with E-state index in [-0.39, 0.29) is 17.0 Å². The molecule has 0 aromatic carbocycles. The highest BCUT2D eigenvalue weighted by Gasteiger charge is 2.23. The molecule has 124 valence electrons. The smallest absolute Gasteiger partial charge is 0.332 e. The standard InChI is InChI=1S/C14H18N4O4S/c1-6-8(13(20)22-5)23-11-9-10(15-7(2)16-11)17(3)14(21)18(4)12(9)19/h8H,6H2,1-5H3/t8-/m0/s1. The summed E-state index contributed by atoms with van der Waals surface area (Å²) in [6, 6.07) is 0. The lowest BCUT2D eigenvalue weighted by Gasteiger charge is -2.14. The first-order valence-corrected chi connectivity index (χ1v) is 7.88. The fraction of sp³-hybridized carbons (Fsp3) is 0.500. The maximum atomic E-state index is 12.5. The van der Waals surface area contributed by atoms with Crippen molar-refractivity contribution in [3.8, 4) is 0 Å². The largest absolute Gasteiger partial charge is 0.468 e. The third kappa shape index (κ3) is 3.00. The van der Waals surface area contributed by atoms with Crippen molar-refractivity contribution in [1.29, 1.82) is 0 Å². The molecule has 0 aliphatic carbocycles. The Bertz CT molecular complexity index is 887. The molecule has 0 amide bonds. The fourth-order valence-corrected chi connectivity index (χ4v) is 3.29. The molecule has 8 nitrogen and oxygen atoms in total. The van der Waals surface area contributed by atoms with Crippen LogP contribution >= 0.6 is 11.8 Å². The monoisotopic (exact) mass is 338 g/mol. The van der Waals surface area contributed by atoms with Crippen LogP contribution in [-0.2, 0) is 23.6 Å². The fourth-order valence-electron chi connectivity index (χ4n) is 2.18. The summed E-state index contributed by atoms with van der Waals surface area (Å²) in [5.74, 6) is 0.0338. The van der Waals surface area contributed by atoms with Crippen LogP contribution in [0.4, 0.5) is 0 Å². The molecule has 0 unspecified atom stereocenters. The number of thioether (sulfide) groups is 1. The maximum Gasteiger partial charge on any atom is 0.332 e. The highest BCUT2D eigenvalue weighted by Crippen LogP contribution is 2.28. The van der Waals surface area contributed by atoms with Crippen LogP contribution in [0.5, 0.6) is 0 Å². The summed E-state index contributed by atoms with van der Waals surface area (Å²) in [5.41, 5.74) is -0.685. The molecule has 9 heteroatoms. The lowest BCUT2D eigenvalue weighted by molar-refractivity contribution is -0.140. The van der Waals surface area contributed by atoms with Crippen LogP contribution in [0.3, 0.4) is 0 Å². The van der Waals surface area contributed by atoms with Crippen molar-refractivity contribution < 1.29 is 9.53 Å². The minimum Gasteiger partial charge on any atom is -0.468 e. The van der Waals surface area contributed by atoms with E-state index in [4.69, 9.17) is 4.74 Å². The molecule has 0 N–H and O–H groups in total. The third-order valence-electron chi connectivity index (χ3n) is 3.47. The second-order valence-corrected chi connectivity index (χ2v) is 6.21. The molecule has 2 aromatic rings. The van der Waals surface area contributed by atoms with Gasteiger partial charge in [0.1, 0.15) is 21.5 Å². The van der Waals surface area contributed by atoms with E-state index in [1.54, 1.807) is 14.0 Å². The number of methoxy groups -OCH3 is 1. The topological polar surface area (TPSA) is 96.1 Å². The Balaban J connectivity index is 2.76. The SMILES string of the molecule is CC[C@H](Sc1nc(C)nc2c1c(=O)n(C)c(=O)n2C)C(=O)OC. The van der Waals surface area contributed by atoms with Gasteiger partial charge in [0.15, 0.2) is 5.65 Å². The van der Waals surface area contributed by atoms with Gasteiger partial charge in [0.2, 0.25) is 0 Å². The predicted molar refractivity (Wildman–Crippen MR) is 86.7 cm³/mol. The summed E-state index contributed by atoms with van der Waals surface area (Å²) in [5, 5.41) is 0.118. The Morgan fingerprint density at radius 2 is 1.91 bits per heavy atom. The zero-order chi connectivity index (χ0) is 17.3. The Hall–Kier alpha value is -2.16. The number of carbonyl (C=O) groups excluding carboxylic acids is 1. The molecule has 2 heterocycles. The number of esters is 1. The van der Waals surface area contributed by atoms with Gasteiger partial charge in [-0.25, -0.2) is 14.8 Å². The van der Waals surface area contributed by atoms with Crippen molar-refractivity contribution in [1.82, 2.24) is 19.1 Å². The molecule has 23 heavy (non-hydrogen) atoms. The summed E-state index contributed by atoms with van der Waals surface area (Å²) in [6.07, 6.45) is 0.522. The van der Waals surface area contributed by atoms with Crippen LogP contribution in [0.1, 0.15) is 19.2 Å². The van der Waals surface area contributed by atoms with E-state index < -0.39 is 16.5 Å². The first-order chi connectivity index (χ1) is 10.8. The van der Waals surface area contributed by atoms with Gasteiger partial charge in [-0.05, 0) is 13.3 Å². The molecule has 0 radical (unpaired) electrons. The van der Waals surface area contributed by atoms with Crippen LogP contribution in [0, 0.1) is 6.92 Å². The normalized spacial score (nSPS) is 12.4. The van der Waals surface area contributed by atoms with Crippen LogP contribution in [0.2, 0.25) is 0 Å². The molecule has 0 bridgehead atoms. The third-order valence-corrected chi connectivity index (χ3v) is 4.80. The van der Waals surface area contributed by atoms with Gasteiger partial charge in [-0.15, -0.1) is 0 Å². The van der Waals surface area contributed by atoms with Gasteiger partial charge >= 0.3 is 11.7 Å². The molecule has 2 rings (SSSR count). The van der Waals surface area contributed by atoms with E-state index in [0.29, 0.717) is 17.3 Å². The van der Waals surface area contributed by atoms with Gasteiger partial charge in [-0.1, -0.05) is 18.7 Å². The second kappa shape index (κ2) is 6.53. The van der Waals surface area contributed by atoms with Crippen molar-refractivity contribution in [3.05, 3.63) is 26.7 Å². The number of aryl methyl sites for hydroxylation is 2. The van der Waals surface area contributed by atoms with Gasteiger partial charge in [0, 0.05) is 14.1 Å². The molecule has 1 atom stereocenters. The van der Waals surface area contributed by atoms with Crippen molar-refractivity contribution >= 4 is 28.8 Å². The van der Waals surface area contributed by atoms with E-state index >= 15 is 0 Å². The summed E-state index contributed by atoms with van der Waals surface area (Å²) in [4.78, 5) is 44.8. The van der Waals surface area contributed by atoms with Gasteiger partial charge in [-0.3, -0.25) is 18.7 Å². The second-order valence-electron chi connectivity index (χ2n) is 5.02. The van der Waals surface area contributed by atoms with Crippen molar-refractivity contribution in [2.45, 2.75) is 30.5 Å². The molecule has 0 aliphatic heterocycles. The number of fused-ring (bicyclic) bond motifs is 1. The number of hydrogen-bond acceptors (Lipinski definition) is 7. The highest BCUT2D eigenvalue weighted by molar-refractivity contribution is 8.00. The number of ether oxygens (including phenoxy) is 1. The summed E-state index contributed by atoms with van der Waals surface area (Å²) < 4.78 is 7.08. The number of nitrogens with zero attached hydrogens (tertiary/aromatic N) is 4. The lowest BCUT2D eigenvalue weighted by atomic mass is 10.3. The van der Waals surface area contributed by atoms with Crippen LogP contribution < -0.4 is 11.2 Å². The molecule has 2 aromatic heterocycles. The first-order valence-electron chi connectivity index (χ1n) is 7.00. The molecule has 0 spiro atoms. The molecular formula is C14H18N4O4S. The van der Waals surface area contributed by atoms with Gasteiger partial charge in [0.05, 0.1) is 7.11 Å². The van der Waals surface area contributed by atoms with E-state index in [9.17, 15) is 14.4 Å². The predicted octanol–water partition coefficient (Wildman–Crippen LogP) is 0.379. The number of rotatable bonds is 4. The zero-order valence-corrected chi connectivity index (χ0v) is 14.4. The van der Waals surface area contributed by atoms with Gasteiger partial charge in [0.25, 0.3) is 5.56 Å². The molecule has 0 fully saturated rings. The number of hydrogen-bond donors (Lipinski definition) is 0. The van der Waals surface area contributed by atoms with E-state index in [0.717, 1.165) is 16.3 Å². The van der Waals surface area contributed by atoms with E-state index in [1.807, 2.05) is 6.92 Å². The van der Waals surface area contributed by atoms with Crippen molar-refractivity contribution in [2.24, 2.45) is 14.1 Å². The van der Waals surface area contributed by atoms with Gasteiger partial charge < -0.3 is 4.74 Å². The van der Waals surface area contributed by atoms with E-state index in [2.05, 4.69) is 9.97 Å². The Morgan fingerprint density at radius 3 is 2.48 bits per heavy atom. The summed E-state index contributed by atoms with van der Waals surface area (Å²) in [7, 11) is 4.26. The molecule has 0 saturated heterocycles. The Morgan fingerprint density at radius 1 is 1.26 bits per heavy atom. The van der Waals surface area contributed by atoms with Gasteiger partial charge in [-0.2, -0.15) is 0 Å². The van der Waals surface area contributed by atoms with Crippen molar-refractivity contribution in [3.63, 3.8) is 0 Å². The number of aromatic nitrogens is 4. The molecular weight excluding hydrogens is 320 g/mol. The summed E-state index contributed by atoms with van der Waals surface area (Å²) >= 11 is 1.15. The number of carbonyl (C=O) groups is 1. The highest BCUT2D eigenvalue weighted by atomic mass is 32.2. The summed E-state index contributed by atoms with van der Waals surface area (Å²) in [6.45, 7) is 3.52. The van der Waals surface area contributed by atoms with Crippen molar-refractivity contribution in [2.75, 3.05) is 7.11 Å². The lowest BCUT2D eigenvalue weighted by Crippen LogP contribution is -2.38. The maximum absolute atomic E-state index is 12.5. The molecule has 0 saturated carbocycles. The van der Waals surface area contributed by atoms with Crippen LogP contribution in [0.25, 0.3) is 11.0 Å². The molecule has 0 aliphatic rings. The average Bonchev–Trinajstić information content (AvgIpc) is 2.54. The Kier molecular flexibility index (Phi) is 4.88. The zero-order valence-electron chi connectivity index (χ0n) is 13.6. The minimum atomic E-state index is -0.487. The average molecular weight is 338 g/mol. The van der Waals surface area contributed by atoms with E-state index in [1.165, 1.54) is 18.7 Å². The minimum absolute atomic E-state index is 0.229. The van der Waals surface area contributed by atoms with Crippen LogP contribution in [0.15, 0.2) is 14.6 Å².